The first-order chi connectivity index (χ1) is 7.08. The summed E-state index contributed by atoms with van der Waals surface area (Å²) in [6.45, 7) is 4.17. The summed E-state index contributed by atoms with van der Waals surface area (Å²) in [5.74, 6) is 1.01. The summed E-state index contributed by atoms with van der Waals surface area (Å²) in [5, 5.41) is 9.31. The van der Waals surface area contributed by atoms with Crippen molar-refractivity contribution in [3.05, 3.63) is 23.8 Å². The van der Waals surface area contributed by atoms with Gasteiger partial charge in [0.05, 0.1) is 6.42 Å². The van der Waals surface area contributed by atoms with Crippen molar-refractivity contribution in [3.8, 4) is 11.5 Å². The Hall–Kier alpha value is -1.51. The quantitative estimate of drug-likeness (QED) is 0.567. The van der Waals surface area contributed by atoms with E-state index in [4.69, 9.17) is 4.74 Å². The lowest BCUT2D eigenvalue weighted by Crippen LogP contribution is -2.23. The summed E-state index contributed by atoms with van der Waals surface area (Å²) < 4.78 is 5.09. The SMILES string of the molecule is CC(C)C1CC(=O)Oc2cc(O)ccc21. The minimum absolute atomic E-state index is 0.131. The number of hydrogen-bond acceptors (Lipinski definition) is 3. The lowest BCUT2D eigenvalue weighted by atomic mass is 9.84. The van der Waals surface area contributed by atoms with Gasteiger partial charge in [0.1, 0.15) is 11.5 Å². The summed E-state index contributed by atoms with van der Waals surface area (Å²) >= 11 is 0. The second-order valence-electron chi connectivity index (χ2n) is 4.25. The van der Waals surface area contributed by atoms with Crippen LogP contribution in [-0.2, 0) is 4.79 Å². The molecule has 0 fully saturated rings. The lowest BCUT2D eigenvalue weighted by Gasteiger charge is -2.27. The molecule has 1 unspecified atom stereocenters. The third-order valence-electron chi connectivity index (χ3n) is 2.81. The Morgan fingerprint density at radius 1 is 1.47 bits per heavy atom. The number of carbonyl (C=O) groups excluding carboxylic acids is 1. The average Bonchev–Trinajstić information content (AvgIpc) is 2.15. The number of aromatic hydroxyl groups is 1. The molecule has 1 N–H and O–H groups in total. The van der Waals surface area contributed by atoms with E-state index >= 15 is 0 Å². The van der Waals surface area contributed by atoms with Crippen LogP contribution >= 0.6 is 0 Å². The van der Waals surface area contributed by atoms with E-state index < -0.39 is 0 Å². The Morgan fingerprint density at radius 2 is 2.20 bits per heavy atom. The second kappa shape index (κ2) is 3.57. The molecule has 15 heavy (non-hydrogen) atoms. The molecule has 1 atom stereocenters. The molecular weight excluding hydrogens is 192 g/mol. The zero-order valence-electron chi connectivity index (χ0n) is 8.86. The van der Waals surface area contributed by atoms with Gasteiger partial charge in [-0.2, -0.15) is 0 Å². The standard InChI is InChI=1S/C12H14O3/c1-7(2)10-6-12(14)15-11-5-8(13)3-4-9(10)11/h3-5,7,10,13H,6H2,1-2H3. The topological polar surface area (TPSA) is 46.5 Å². The van der Waals surface area contributed by atoms with Crippen molar-refractivity contribution in [2.24, 2.45) is 5.92 Å². The van der Waals surface area contributed by atoms with Gasteiger partial charge in [0.2, 0.25) is 0 Å². The number of ether oxygens (including phenoxy) is 1. The Bertz CT molecular complexity index is 396. The van der Waals surface area contributed by atoms with E-state index in [-0.39, 0.29) is 17.6 Å². The highest BCUT2D eigenvalue weighted by Crippen LogP contribution is 2.40. The molecule has 1 aliphatic heterocycles. The van der Waals surface area contributed by atoms with Gasteiger partial charge in [-0.1, -0.05) is 19.9 Å². The predicted octanol–water partition coefficient (Wildman–Crippen LogP) is 2.44. The fourth-order valence-corrected chi connectivity index (χ4v) is 1.97. The first-order valence-corrected chi connectivity index (χ1v) is 5.11. The third kappa shape index (κ3) is 1.82. The first-order valence-electron chi connectivity index (χ1n) is 5.11. The van der Waals surface area contributed by atoms with Crippen molar-refractivity contribution in [1.82, 2.24) is 0 Å². The van der Waals surface area contributed by atoms with E-state index in [1.165, 1.54) is 6.07 Å². The van der Waals surface area contributed by atoms with E-state index in [0.717, 1.165) is 5.56 Å². The predicted molar refractivity (Wildman–Crippen MR) is 55.9 cm³/mol. The maximum absolute atomic E-state index is 11.3. The molecule has 3 heteroatoms. The maximum Gasteiger partial charge on any atom is 0.311 e. The van der Waals surface area contributed by atoms with Gasteiger partial charge in [-0.05, 0) is 17.5 Å². The van der Waals surface area contributed by atoms with Crippen LogP contribution in [0, 0.1) is 5.92 Å². The van der Waals surface area contributed by atoms with Crippen LogP contribution < -0.4 is 4.74 Å². The van der Waals surface area contributed by atoms with E-state index in [0.29, 0.717) is 18.1 Å². The summed E-state index contributed by atoms with van der Waals surface area (Å²) in [4.78, 5) is 11.3. The van der Waals surface area contributed by atoms with E-state index in [2.05, 4.69) is 13.8 Å². The molecule has 1 aromatic rings. The van der Waals surface area contributed by atoms with Crippen molar-refractivity contribution in [3.63, 3.8) is 0 Å². The van der Waals surface area contributed by atoms with Crippen LogP contribution in [0.4, 0.5) is 0 Å². The molecule has 0 radical (unpaired) electrons. The fourth-order valence-electron chi connectivity index (χ4n) is 1.97. The van der Waals surface area contributed by atoms with Crippen LogP contribution in [0.5, 0.6) is 11.5 Å². The molecule has 0 saturated heterocycles. The summed E-state index contributed by atoms with van der Waals surface area (Å²) in [6, 6.07) is 4.97. The summed E-state index contributed by atoms with van der Waals surface area (Å²) in [6.07, 6.45) is 0.426. The van der Waals surface area contributed by atoms with Gasteiger partial charge >= 0.3 is 5.97 Å². The van der Waals surface area contributed by atoms with Crippen LogP contribution in [0.25, 0.3) is 0 Å². The van der Waals surface area contributed by atoms with Gasteiger partial charge in [-0.25, -0.2) is 0 Å². The lowest BCUT2D eigenvalue weighted by molar-refractivity contribution is -0.136. The maximum atomic E-state index is 11.3. The molecule has 0 aliphatic carbocycles. The van der Waals surface area contributed by atoms with Crippen LogP contribution in [-0.4, -0.2) is 11.1 Å². The van der Waals surface area contributed by atoms with Crippen molar-refractivity contribution >= 4 is 5.97 Å². The van der Waals surface area contributed by atoms with Crippen LogP contribution in [0.1, 0.15) is 31.7 Å². The van der Waals surface area contributed by atoms with Gasteiger partial charge in [0.15, 0.2) is 0 Å². The van der Waals surface area contributed by atoms with E-state index in [1.807, 2.05) is 6.07 Å². The Kier molecular flexibility index (Phi) is 2.39. The number of hydrogen-bond donors (Lipinski definition) is 1. The monoisotopic (exact) mass is 206 g/mol. The number of phenolic OH excluding ortho intramolecular Hbond substituents is 1. The van der Waals surface area contributed by atoms with Crippen molar-refractivity contribution in [2.75, 3.05) is 0 Å². The number of rotatable bonds is 1. The second-order valence-corrected chi connectivity index (χ2v) is 4.25. The smallest absolute Gasteiger partial charge is 0.311 e. The minimum Gasteiger partial charge on any atom is -0.508 e. The number of fused-ring (bicyclic) bond motifs is 1. The van der Waals surface area contributed by atoms with Gasteiger partial charge in [0.25, 0.3) is 0 Å². The van der Waals surface area contributed by atoms with Gasteiger partial charge in [-0.3, -0.25) is 4.79 Å². The minimum atomic E-state index is -0.216. The molecule has 0 saturated carbocycles. The number of esters is 1. The highest BCUT2D eigenvalue weighted by Gasteiger charge is 2.29. The zero-order valence-corrected chi connectivity index (χ0v) is 8.86. The number of carbonyl (C=O) groups is 1. The van der Waals surface area contributed by atoms with Gasteiger partial charge in [0, 0.05) is 12.0 Å². The normalized spacial score (nSPS) is 19.9. The van der Waals surface area contributed by atoms with Crippen molar-refractivity contribution in [1.29, 1.82) is 0 Å². The fraction of sp³-hybridized carbons (Fsp3) is 0.417. The third-order valence-corrected chi connectivity index (χ3v) is 2.81. The highest BCUT2D eigenvalue weighted by atomic mass is 16.5. The molecule has 1 aromatic carbocycles. The van der Waals surface area contributed by atoms with Crippen LogP contribution in [0.3, 0.4) is 0 Å². The molecule has 1 aliphatic rings. The molecular formula is C12H14O3. The molecule has 1 heterocycles. The Morgan fingerprint density at radius 3 is 2.87 bits per heavy atom. The number of phenols is 1. The van der Waals surface area contributed by atoms with Crippen LogP contribution in [0.15, 0.2) is 18.2 Å². The molecule has 0 aromatic heterocycles. The average molecular weight is 206 g/mol. The Balaban J connectivity index is 2.46. The largest absolute Gasteiger partial charge is 0.508 e. The molecule has 2 rings (SSSR count). The molecule has 0 amide bonds. The summed E-state index contributed by atoms with van der Waals surface area (Å²) in [5.41, 5.74) is 1.02. The Labute approximate surface area is 88.7 Å². The van der Waals surface area contributed by atoms with E-state index in [9.17, 15) is 9.90 Å². The van der Waals surface area contributed by atoms with E-state index in [1.54, 1.807) is 6.07 Å². The van der Waals surface area contributed by atoms with Gasteiger partial charge in [-0.15, -0.1) is 0 Å². The van der Waals surface area contributed by atoms with Crippen LogP contribution in [0.2, 0.25) is 0 Å². The molecule has 0 spiro atoms. The zero-order chi connectivity index (χ0) is 11.0. The molecule has 0 bridgehead atoms. The molecule has 3 nitrogen and oxygen atoms in total. The summed E-state index contributed by atoms with van der Waals surface area (Å²) in [7, 11) is 0. The number of benzene rings is 1. The van der Waals surface area contributed by atoms with Crippen molar-refractivity contribution in [2.45, 2.75) is 26.2 Å². The molecule has 80 valence electrons. The first kappa shape index (κ1) is 10.0. The highest BCUT2D eigenvalue weighted by molar-refractivity contribution is 5.76. The van der Waals surface area contributed by atoms with Crippen molar-refractivity contribution < 1.29 is 14.6 Å². The van der Waals surface area contributed by atoms with Gasteiger partial charge < -0.3 is 9.84 Å².